The van der Waals surface area contributed by atoms with Gasteiger partial charge in [0.1, 0.15) is 0 Å². The SMILES string of the molecule is CCOC(CC)(CC)C(N)c1c(Br)cnn1C. The van der Waals surface area contributed by atoms with Crippen molar-refractivity contribution in [3.05, 3.63) is 16.4 Å². The summed E-state index contributed by atoms with van der Waals surface area (Å²) in [5, 5.41) is 4.21. The zero-order chi connectivity index (χ0) is 13.1. The Bertz CT molecular complexity index is 341. The first-order valence-electron chi connectivity index (χ1n) is 6.09. The van der Waals surface area contributed by atoms with Gasteiger partial charge in [0, 0.05) is 13.7 Å². The molecule has 1 rings (SSSR count). The molecule has 1 heterocycles. The Kier molecular flexibility index (Phi) is 5.16. The van der Waals surface area contributed by atoms with Gasteiger partial charge in [0.05, 0.1) is 28.0 Å². The number of nitrogens with zero attached hydrogens (tertiary/aromatic N) is 2. The average molecular weight is 304 g/mol. The second kappa shape index (κ2) is 5.98. The summed E-state index contributed by atoms with van der Waals surface area (Å²) in [6.45, 7) is 6.91. The van der Waals surface area contributed by atoms with Gasteiger partial charge in [0.2, 0.25) is 0 Å². The first kappa shape index (κ1) is 14.7. The zero-order valence-electron chi connectivity index (χ0n) is 11.0. The van der Waals surface area contributed by atoms with Crippen molar-refractivity contribution in [1.29, 1.82) is 0 Å². The van der Waals surface area contributed by atoms with Crippen LogP contribution in [0.15, 0.2) is 10.7 Å². The molecule has 1 aromatic heterocycles. The molecule has 0 aliphatic rings. The van der Waals surface area contributed by atoms with Crippen LogP contribution < -0.4 is 5.73 Å². The van der Waals surface area contributed by atoms with Crippen LogP contribution in [-0.4, -0.2) is 22.0 Å². The van der Waals surface area contributed by atoms with Gasteiger partial charge < -0.3 is 10.5 Å². The van der Waals surface area contributed by atoms with E-state index < -0.39 is 0 Å². The fourth-order valence-corrected chi connectivity index (χ4v) is 2.89. The monoisotopic (exact) mass is 303 g/mol. The van der Waals surface area contributed by atoms with Crippen LogP contribution in [0.1, 0.15) is 45.3 Å². The molecule has 4 nitrogen and oxygen atoms in total. The lowest BCUT2D eigenvalue weighted by molar-refractivity contribution is -0.0662. The summed E-state index contributed by atoms with van der Waals surface area (Å²) in [7, 11) is 1.90. The number of rotatable bonds is 6. The molecule has 17 heavy (non-hydrogen) atoms. The second-order valence-electron chi connectivity index (χ2n) is 4.18. The van der Waals surface area contributed by atoms with E-state index >= 15 is 0 Å². The summed E-state index contributed by atoms with van der Waals surface area (Å²) in [5.74, 6) is 0. The Hall–Kier alpha value is -0.390. The highest BCUT2D eigenvalue weighted by Crippen LogP contribution is 2.36. The molecular formula is C12H22BrN3O. The van der Waals surface area contributed by atoms with E-state index in [1.807, 2.05) is 18.7 Å². The fraction of sp³-hybridized carbons (Fsp3) is 0.750. The van der Waals surface area contributed by atoms with E-state index in [4.69, 9.17) is 10.5 Å². The van der Waals surface area contributed by atoms with Crippen LogP contribution in [0, 0.1) is 0 Å². The predicted octanol–water partition coefficient (Wildman–Crippen LogP) is 2.78. The lowest BCUT2D eigenvalue weighted by Crippen LogP contribution is -2.44. The molecular weight excluding hydrogens is 282 g/mol. The Morgan fingerprint density at radius 3 is 2.41 bits per heavy atom. The molecule has 0 saturated heterocycles. The molecule has 1 unspecified atom stereocenters. The van der Waals surface area contributed by atoms with Crippen LogP contribution in [0.3, 0.4) is 0 Å². The summed E-state index contributed by atoms with van der Waals surface area (Å²) in [6, 6.07) is -0.181. The van der Waals surface area contributed by atoms with Crippen LogP contribution in [0.2, 0.25) is 0 Å². The van der Waals surface area contributed by atoms with E-state index in [-0.39, 0.29) is 11.6 Å². The number of ether oxygens (including phenoxy) is 1. The van der Waals surface area contributed by atoms with Crippen molar-refractivity contribution < 1.29 is 4.74 Å². The van der Waals surface area contributed by atoms with Crippen molar-refractivity contribution in [2.45, 2.75) is 45.3 Å². The lowest BCUT2D eigenvalue weighted by atomic mass is 9.86. The molecule has 1 aromatic rings. The van der Waals surface area contributed by atoms with Gasteiger partial charge in [-0.2, -0.15) is 5.10 Å². The number of nitrogens with two attached hydrogens (primary N) is 1. The van der Waals surface area contributed by atoms with Crippen LogP contribution in [0.4, 0.5) is 0 Å². The molecule has 0 bridgehead atoms. The maximum absolute atomic E-state index is 6.41. The summed E-state index contributed by atoms with van der Waals surface area (Å²) < 4.78 is 8.69. The van der Waals surface area contributed by atoms with Crippen molar-refractivity contribution in [2.24, 2.45) is 12.8 Å². The maximum atomic E-state index is 6.41. The maximum Gasteiger partial charge on any atom is 0.0884 e. The molecule has 0 amide bonds. The van der Waals surface area contributed by atoms with E-state index in [2.05, 4.69) is 34.9 Å². The van der Waals surface area contributed by atoms with Crippen LogP contribution >= 0.6 is 15.9 Å². The zero-order valence-corrected chi connectivity index (χ0v) is 12.6. The summed E-state index contributed by atoms with van der Waals surface area (Å²) in [5.41, 5.74) is 7.09. The standard InChI is InChI=1S/C12H22BrN3O/c1-5-12(6-2,17-7-3)11(14)10-9(13)8-15-16(10)4/h8,11H,5-7,14H2,1-4H3. The quantitative estimate of drug-likeness (QED) is 0.879. The third-order valence-corrected chi connectivity index (χ3v) is 4.04. The Morgan fingerprint density at radius 1 is 1.47 bits per heavy atom. The normalized spacial score (nSPS) is 14.0. The van der Waals surface area contributed by atoms with Gasteiger partial charge in [-0.05, 0) is 35.7 Å². The molecule has 0 spiro atoms. The molecule has 0 aromatic carbocycles. The van der Waals surface area contributed by atoms with Crippen molar-refractivity contribution >= 4 is 15.9 Å². The van der Waals surface area contributed by atoms with Gasteiger partial charge in [-0.15, -0.1) is 0 Å². The van der Waals surface area contributed by atoms with Gasteiger partial charge in [0.25, 0.3) is 0 Å². The minimum Gasteiger partial charge on any atom is -0.373 e. The van der Waals surface area contributed by atoms with Crippen LogP contribution in [0.5, 0.6) is 0 Å². The number of hydrogen-bond donors (Lipinski definition) is 1. The van der Waals surface area contributed by atoms with E-state index in [9.17, 15) is 0 Å². The van der Waals surface area contributed by atoms with Crippen molar-refractivity contribution in [2.75, 3.05) is 6.61 Å². The molecule has 0 aliphatic heterocycles. The van der Waals surface area contributed by atoms with E-state index in [0.717, 1.165) is 23.0 Å². The first-order chi connectivity index (χ1) is 8.02. The number of hydrogen-bond acceptors (Lipinski definition) is 3. The van der Waals surface area contributed by atoms with Crippen molar-refractivity contribution in [1.82, 2.24) is 9.78 Å². The summed E-state index contributed by atoms with van der Waals surface area (Å²) in [4.78, 5) is 0. The lowest BCUT2D eigenvalue weighted by Gasteiger charge is -2.37. The van der Waals surface area contributed by atoms with Gasteiger partial charge in [-0.3, -0.25) is 4.68 Å². The van der Waals surface area contributed by atoms with Gasteiger partial charge in [-0.1, -0.05) is 13.8 Å². The summed E-state index contributed by atoms with van der Waals surface area (Å²) in [6.07, 6.45) is 3.55. The van der Waals surface area contributed by atoms with Crippen LogP contribution in [-0.2, 0) is 11.8 Å². The highest BCUT2D eigenvalue weighted by Gasteiger charge is 2.37. The molecule has 98 valence electrons. The number of halogens is 1. The summed E-state index contributed by atoms with van der Waals surface area (Å²) >= 11 is 3.50. The minimum absolute atomic E-state index is 0.181. The molecule has 0 radical (unpaired) electrons. The van der Waals surface area contributed by atoms with Crippen LogP contribution in [0.25, 0.3) is 0 Å². The van der Waals surface area contributed by atoms with Crippen molar-refractivity contribution in [3.63, 3.8) is 0 Å². The Labute approximate surface area is 112 Å². The molecule has 0 aliphatic carbocycles. The molecule has 0 fully saturated rings. The third kappa shape index (κ3) is 2.72. The predicted molar refractivity (Wildman–Crippen MR) is 72.8 cm³/mol. The fourth-order valence-electron chi connectivity index (χ4n) is 2.29. The Morgan fingerprint density at radius 2 is 2.06 bits per heavy atom. The van der Waals surface area contributed by atoms with Gasteiger partial charge in [0.15, 0.2) is 0 Å². The minimum atomic E-state index is -0.314. The second-order valence-corrected chi connectivity index (χ2v) is 5.04. The highest BCUT2D eigenvalue weighted by atomic mass is 79.9. The van der Waals surface area contributed by atoms with E-state index in [1.54, 1.807) is 6.20 Å². The highest BCUT2D eigenvalue weighted by molar-refractivity contribution is 9.10. The smallest absolute Gasteiger partial charge is 0.0884 e. The Balaban J connectivity index is 3.11. The topological polar surface area (TPSA) is 53.1 Å². The third-order valence-electron chi connectivity index (χ3n) is 3.43. The van der Waals surface area contributed by atoms with Gasteiger partial charge >= 0.3 is 0 Å². The average Bonchev–Trinajstić information content (AvgIpc) is 2.65. The van der Waals surface area contributed by atoms with E-state index in [0.29, 0.717) is 6.61 Å². The molecule has 5 heteroatoms. The number of aromatic nitrogens is 2. The van der Waals surface area contributed by atoms with Gasteiger partial charge in [-0.25, -0.2) is 0 Å². The molecule has 1 atom stereocenters. The molecule has 2 N–H and O–H groups in total. The number of aryl methyl sites for hydroxylation is 1. The largest absolute Gasteiger partial charge is 0.373 e. The first-order valence-corrected chi connectivity index (χ1v) is 6.88. The van der Waals surface area contributed by atoms with E-state index in [1.165, 1.54) is 0 Å². The molecule has 0 saturated carbocycles. The van der Waals surface area contributed by atoms with Crippen molar-refractivity contribution in [3.8, 4) is 0 Å².